The summed E-state index contributed by atoms with van der Waals surface area (Å²) in [7, 11) is 0. The first-order valence-electron chi connectivity index (χ1n) is 6.42. The second kappa shape index (κ2) is 10.6. The molecule has 0 atom stereocenters. The molecule has 0 saturated carbocycles. The molecule has 0 aromatic rings. The molecule has 2 heteroatoms. The number of ketones is 1. The zero-order chi connectivity index (χ0) is 12.2. The molecule has 0 amide bonds. The van der Waals surface area contributed by atoms with E-state index in [4.69, 9.17) is 0 Å². The fraction of sp³-hybridized carbons (Fsp3) is 0.714. The minimum atomic E-state index is 0.236. The van der Waals surface area contributed by atoms with Gasteiger partial charge in [-0.25, -0.2) is 0 Å². The Hall–Kier alpha value is -0.920. The SMILES string of the molecule is CCCCC=C(CCC)C(=O)CCCC=O. The van der Waals surface area contributed by atoms with E-state index in [1.54, 1.807) is 0 Å². The standard InChI is InChI=1S/C14H24O2/c1-3-5-6-10-13(9-4-2)14(16)11-7-8-12-15/h10,12H,3-9,11H2,1-2H3. The van der Waals surface area contributed by atoms with Crippen LogP contribution in [-0.4, -0.2) is 12.1 Å². The van der Waals surface area contributed by atoms with Crippen molar-refractivity contribution in [2.45, 2.75) is 65.2 Å². The van der Waals surface area contributed by atoms with Crippen LogP contribution >= 0.6 is 0 Å². The van der Waals surface area contributed by atoms with Gasteiger partial charge in [-0.1, -0.05) is 39.2 Å². The lowest BCUT2D eigenvalue weighted by Gasteiger charge is -2.04. The summed E-state index contributed by atoms with van der Waals surface area (Å²) in [5, 5.41) is 0. The van der Waals surface area contributed by atoms with Gasteiger partial charge in [0.1, 0.15) is 6.29 Å². The molecule has 0 aromatic carbocycles. The van der Waals surface area contributed by atoms with Crippen molar-refractivity contribution < 1.29 is 9.59 Å². The molecule has 0 aliphatic rings. The number of rotatable bonds is 10. The third-order valence-electron chi connectivity index (χ3n) is 2.55. The number of unbranched alkanes of at least 4 members (excludes halogenated alkanes) is 3. The normalized spacial score (nSPS) is 11.5. The first-order valence-corrected chi connectivity index (χ1v) is 6.42. The summed E-state index contributed by atoms with van der Waals surface area (Å²) < 4.78 is 0. The second-order valence-corrected chi connectivity index (χ2v) is 4.10. The molecule has 16 heavy (non-hydrogen) atoms. The molecule has 0 radical (unpaired) electrons. The molecule has 0 aromatic heterocycles. The molecule has 0 bridgehead atoms. The smallest absolute Gasteiger partial charge is 0.158 e. The molecule has 92 valence electrons. The quantitative estimate of drug-likeness (QED) is 0.321. The molecule has 2 nitrogen and oxygen atoms in total. The first kappa shape index (κ1) is 15.1. The Labute approximate surface area is 99.1 Å². The van der Waals surface area contributed by atoms with Crippen LogP contribution in [0, 0.1) is 0 Å². The number of aldehydes is 1. The van der Waals surface area contributed by atoms with Crippen LogP contribution in [-0.2, 0) is 9.59 Å². The van der Waals surface area contributed by atoms with Crippen molar-refractivity contribution in [3.63, 3.8) is 0 Å². The number of carbonyl (C=O) groups excluding carboxylic acids is 2. The van der Waals surface area contributed by atoms with Crippen molar-refractivity contribution >= 4 is 12.1 Å². The Balaban J connectivity index is 4.11. The van der Waals surface area contributed by atoms with Gasteiger partial charge < -0.3 is 4.79 Å². The van der Waals surface area contributed by atoms with E-state index in [0.717, 1.165) is 44.0 Å². The predicted octanol–water partition coefficient (Wildman–Crippen LogP) is 3.84. The number of hydrogen-bond donors (Lipinski definition) is 0. The fourth-order valence-electron chi connectivity index (χ4n) is 1.61. The average molecular weight is 224 g/mol. The van der Waals surface area contributed by atoms with Crippen LogP contribution < -0.4 is 0 Å². The van der Waals surface area contributed by atoms with E-state index in [0.29, 0.717) is 19.3 Å². The zero-order valence-corrected chi connectivity index (χ0v) is 10.6. The lowest BCUT2D eigenvalue weighted by atomic mass is 10.00. The first-order chi connectivity index (χ1) is 7.76. The van der Waals surface area contributed by atoms with Gasteiger partial charge in [0.05, 0.1) is 0 Å². The van der Waals surface area contributed by atoms with E-state index in [1.165, 1.54) is 0 Å². The van der Waals surface area contributed by atoms with Gasteiger partial charge in [0.15, 0.2) is 5.78 Å². The molecule has 0 spiro atoms. The Morgan fingerprint density at radius 3 is 2.31 bits per heavy atom. The number of allylic oxidation sites excluding steroid dienone is 2. The summed E-state index contributed by atoms with van der Waals surface area (Å²) >= 11 is 0. The summed E-state index contributed by atoms with van der Waals surface area (Å²) in [6, 6.07) is 0. The van der Waals surface area contributed by atoms with E-state index in [-0.39, 0.29) is 5.78 Å². The lowest BCUT2D eigenvalue weighted by Crippen LogP contribution is -2.03. The maximum atomic E-state index is 11.8. The summed E-state index contributed by atoms with van der Waals surface area (Å²) in [6.07, 6.45) is 9.90. The molecular formula is C14H24O2. The van der Waals surface area contributed by atoms with Gasteiger partial charge in [-0.3, -0.25) is 4.79 Å². The molecule has 0 fully saturated rings. The summed E-state index contributed by atoms with van der Waals surface area (Å²) in [4.78, 5) is 22.0. The minimum absolute atomic E-state index is 0.236. The van der Waals surface area contributed by atoms with Gasteiger partial charge in [-0.2, -0.15) is 0 Å². The molecule has 0 saturated heterocycles. The van der Waals surface area contributed by atoms with Crippen LogP contribution in [0.25, 0.3) is 0 Å². The van der Waals surface area contributed by atoms with Crippen molar-refractivity contribution in [1.29, 1.82) is 0 Å². The summed E-state index contributed by atoms with van der Waals surface area (Å²) in [5.74, 6) is 0.236. The van der Waals surface area contributed by atoms with Crippen LogP contribution in [0.2, 0.25) is 0 Å². The third kappa shape index (κ3) is 7.38. The molecular weight excluding hydrogens is 200 g/mol. The van der Waals surface area contributed by atoms with Crippen LogP contribution in [0.3, 0.4) is 0 Å². The zero-order valence-electron chi connectivity index (χ0n) is 10.6. The fourth-order valence-corrected chi connectivity index (χ4v) is 1.61. The molecule has 0 unspecified atom stereocenters. The van der Waals surface area contributed by atoms with Crippen LogP contribution in [0.5, 0.6) is 0 Å². The van der Waals surface area contributed by atoms with Crippen molar-refractivity contribution in [3.05, 3.63) is 11.6 Å². The molecule has 0 rings (SSSR count). The maximum absolute atomic E-state index is 11.8. The van der Waals surface area contributed by atoms with E-state index >= 15 is 0 Å². The summed E-state index contributed by atoms with van der Waals surface area (Å²) in [6.45, 7) is 4.24. The van der Waals surface area contributed by atoms with Gasteiger partial charge in [-0.05, 0) is 24.8 Å². The highest BCUT2D eigenvalue weighted by molar-refractivity contribution is 5.95. The lowest BCUT2D eigenvalue weighted by molar-refractivity contribution is -0.115. The number of hydrogen-bond acceptors (Lipinski definition) is 2. The van der Waals surface area contributed by atoms with E-state index in [2.05, 4.69) is 19.9 Å². The van der Waals surface area contributed by atoms with E-state index < -0.39 is 0 Å². The van der Waals surface area contributed by atoms with E-state index in [1.807, 2.05) is 0 Å². The van der Waals surface area contributed by atoms with Gasteiger partial charge in [0.2, 0.25) is 0 Å². The predicted molar refractivity (Wildman–Crippen MR) is 67.4 cm³/mol. The largest absolute Gasteiger partial charge is 0.303 e. The number of Topliss-reactive ketones (excluding diaryl/α,β-unsaturated/α-hetero) is 1. The molecule has 0 N–H and O–H groups in total. The Morgan fingerprint density at radius 2 is 1.75 bits per heavy atom. The minimum Gasteiger partial charge on any atom is -0.303 e. The average Bonchev–Trinajstić information content (AvgIpc) is 2.28. The summed E-state index contributed by atoms with van der Waals surface area (Å²) in [5.41, 5.74) is 0.974. The van der Waals surface area contributed by atoms with E-state index in [9.17, 15) is 9.59 Å². The topological polar surface area (TPSA) is 34.1 Å². The Bertz CT molecular complexity index is 229. The highest BCUT2D eigenvalue weighted by atomic mass is 16.1. The van der Waals surface area contributed by atoms with Crippen LogP contribution in [0.4, 0.5) is 0 Å². The monoisotopic (exact) mass is 224 g/mol. The van der Waals surface area contributed by atoms with Gasteiger partial charge in [0, 0.05) is 12.8 Å². The van der Waals surface area contributed by atoms with Crippen LogP contribution in [0.1, 0.15) is 65.2 Å². The highest BCUT2D eigenvalue weighted by Gasteiger charge is 2.07. The molecule has 0 aliphatic heterocycles. The number of carbonyl (C=O) groups is 2. The Kier molecular flexibility index (Phi) is 9.98. The van der Waals surface area contributed by atoms with Gasteiger partial charge in [0.25, 0.3) is 0 Å². The van der Waals surface area contributed by atoms with Crippen molar-refractivity contribution in [3.8, 4) is 0 Å². The van der Waals surface area contributed by atoms with Crippen molar-refractivity contribution in [2.24, 2.45) is 0 Å². The maximum Gasteiger partial charge on any atom is 0.158 e. The Morgan fingerprint density at radius 1 is 1.00 bits per heavy atom. The second-order valence-electron chi connectivity index (χ2n) is 4.10. The van der Waals surface area contributed by atoms with Gasteiger partial charge >= 0.3 is 0 Å². The van der Waals surface area contributed by atoms with Crippen molar-refractivity contribution in [2.75, 3.05) is 0 Å². The molecule has 0 heterocycles. The van der Waals surface area contributed by atoms with Crippen molar-refractivity contribution in [1.82, 2.24) is 0 Å². The third-order valence-corrected chi connectivity index (χ3v) is 2.55. The molecule has 0 aliphatic carbocycles. The highest BCUT2D eigenvalue weighted by Crippen LogP contribution is 2.13. The van der Waals surface area contributed by atoms with Gasteiger partial charge in [-0.15, -0.1) is 0 Å². The van der Waals surface area contributed by atoms with Crippen LogP contribution in [0.15, 0.2) is 11.6 Å².